The van der Waals surface area contributed by atoms with Crippen molar-refractivity contribution in [3.8, 4) is 34.0 Å². The van der Waals surface area contributed by atoms with Crippen LogP contribution in [0.25, 0.3) is 99.3 Å². The number of hydrogen-bond acceptors (Lipinski definition) is 2. The lowest BCUT2D eigenvalue weighted by molar-refractivity contribution is 0.590. The molecule has 0 aliphatic rings. The lowest BCUT2D eigenvalue weighted by Gasteiger charge is -2.20. The van der Waals surface area contributed by atoms with Crippen molar-refractivity contribution < 1.29 is 0 Å². The molecular formula is C52H38N4. The normalized spacial score (nSPS) is 12.2. The second kappa shape index (κ2) is 12.2. The average Bonchev–Trinajstić information content (AvgIpc) is 3.75. The fraction of sp³-hybridized carbons (Fsp3) is 0.0769. The fourth-order valence-electron chi connectivity index (χ4n) is 8.68. The van der Waals surface area contributed by atoms with Gasteiger partial charge in [-0.25, -0.2) is 9.97 Å². The highest BCUT2D eigenvalue weighted by molar-refractivity contribution is 6.13. The number of hydrogen-bond donors (Lipinski definition) is 0. The van der Waals surface area contributed by atoms with Gasteiger partial charge in [-0.15, -0.1) is 0 Å². The van der Waals surface area contributed by atoms with Gasteiger partial charge in [-0.3, -0.25) is 0 Å². The largest absolute Gasteiger partial charge is 0.309 e. The predicted molar refractivity (Wildman–Crippen MR) is 235 cm³/mol. The second-order valence-corrected chi connectivity index (χ2v) is 15.9. The minimum Gasteiger partial charge on any atom is -0.309 e. The number of fused-ring (bicyclic) bond motifs is 9. The van der Waals surface area contributed by atoms with E-state index in [-0.39, 0.29) is 5.41 Å². The summed E-state index contributed by atoms with van der Waals surface area (Å²) in [6.07, 6.45) is 0. The van der Waals surface area contributed by atoms with Crippen molar-refractivity contribution in [2.24, 2.45) is 0 Å². The van der Waals surface area contributed by atoms with Crippen LogP contribution in [-0.4, -0.2) is 19.1 Å². The molecular weight excluding hydrogens is 681 g/mol. The molecule has 0 fully saturated rings. The monoisotopic (exact) mass is 718 g/mol. The molecule has 11 rings (SSSR count). The van der Waals surface area contributed by atoms with Crippen LogP contribution in [0.1, 0.15) is 26.3 Å². The van der Waals surface area contributed by atoms with Crippen LogP contribution in [0, 0.1) is 0 Å². The summed E-state index contributed by atoms with van der Waals surface area (Å²) >= 11 is 0. The number of para-hydroxylation sites is 3. The smallest absolute Gasteiger partial charge is 0.160 e. The molecule has 0 unspecified atom stereocenters. The molecule has 0 spiro atoms. The fourth-order valence-corrected chi connectivity index (χ4v) is 8.68. The zero-order valence-electron chi connectivity index (χ0n) is 31.5. The van der Waals surface area contributed by atoms with Crippen molar-refractivity contribution in [1.29, 1.82) is 0 Å². The van der Waals surface area contributed by atoms with E-state index in [1.54, 1.807) is 0 Å². The maximum absolute atomic E-state index is 5.32. The molecule has 0 N–H and O–H groups in total. The lowest BCUT2D eigenvalue weighted by atomic mass is 9.86. The van der Waals surface area contributed by atoms with Gasteiger partial charge in [0.25, 0.3) is 0 Å². The van der Waals surface area contributed by atoms with E-state index in [9.17, 15) is 0 Å². The lowest BCUT2D eigenvalue weighted by Crippen LogP contribution is -2.11. The number of benzene rings is 8. The van der Waals surface area contributed by atoms with E-state index in [1.807, 2.05) is 0 Å². The number of aromatic nitrogens is 4. The average molecular weight is 719 g/mol. The second-order valence-electron chi connectivity index (χ2n) is 15.9. The summed E-state index contributed by atoms with van der Waals surface area (Å²) < 4.78 is 4.78. The Morgan fingerprint density at radius 1 is 0.393 bits per heavy atom. The Morgan fingerprint density at radius 2 is 0.964 bits per heavy atom. The maximum atomic E-state index is 5.32. The van der Waals surface area contributed by atoms with Gasteiger partial charge in [-0.2, -0.15) is 0 Å². The molecule has 3 heterocycles. The van der Waals surface area contributed by atoms with Gasteiger partial charge in [0.05, 0.1) is 33.3 Å². The Hall–Kier alpha value is -7.04. The highest BCUT2D eigenvalue weighted by Gasteiger charge is 2.19. The summed E-state index contributed by atoms with van der Waals surface area (Å²) in [6, 6.07) is 63.5. The topological polar surface area (TPSA) is 35.6 Å². The van der Waals surface area contributed by atoms with E-state index < -0.39 is 0 Å². The molecule has 0 amide bonds. The van der Waals surface area contributed by atoms with Crippen LogP contribution in [0.5, 0.6) is 0 Å². The van der Waals surface area contributed by atoms with Gasteiger partial charge in [0.1, 0.15) is 0 Å². The van der Waals surface area contributed by atoms with Crippen LogP contribution < -0.4 is 0 Å². The van der Waals surface area contributed by atoms with Crippen molar-refractivity contribution >= 4 is 65.3 Å². The first kappa shape index (κ1) is 32.4. The summed E-state index contributed by atoms with van der Waals surface area (Å²) in [4.78, 5) is 10.6. The van der Waals surface area contributed by atoms with Gasteiger partial charge >= 0.3 is 0 Å². The molecule has 8 aromatic carbocycles. The van der Waals surface area contributed by atoms with Crippen molar-refractivity contribution in [2.45, 2.75) is 26.2 Å². The van der Waals surface area contributed by atoms with E-state index >= 15 is 0 Å². The van der Waals surface area contributed by atoms with E-state index in [2.05, 4.69) is 206 Å². The molecule has 0 radical (unpaired) electrons. The minimum absolute atomic E-state index is 0.0115. The molecule has 11 aromatic rings. The molecule has 56 heavy (non-hydrogen) atoms. The molecule has 0 bridgehead atoms. The predicted octanol–water partition coefficient (Wildman–Crippen LogP) is 13.6. The molecule has 0 aliphatic heterocycles. The molecule has 0 saturated heterocycles. The first-order valence-electron chi connectivity index (χ1n) is 19.3. The van der Waals surface area contributed by atoms with Crippen LogP contribution in [0.4, 0.5) is 0 Å². The van der Waals surface area contributed by atoms with Gasteiger partial charge in [-0.05, 0) is 77.0 Å². The van der Waals surface area contributed by atoms with Gasteiger partial charge in [-0.1, -0.05) is 136 Å². The van der Waals surface area contributed by atoms with Gasteiger partial charge in [0.15, 0.2) is 5.82 Å². The van der Waals surface area contributed by atoms with E-state index in [0.717, 1.165) is 50.3 Å². The Kier molecular flexibility index (Phi) is 7.08. The molecule has 0 aliphatic carbocycles. The molecule has 4 nitrogen and oxygen atoms in total. The van der Waals surface area contributed by atoms with Gasteiger partial charge in [0, 0.05) is 54.8 Å². The summed E-state index contributed by atoms with van der Waals surface area (Å²) in [5.74, 6) is 0.737. The number of nitrogens with zero attached hydrogens (tertiary/aromatic N) is 4. The quantitative estimate of drug-likeness (QED) is 0.170. The third-order valence-electron chi connectivity index (χ3n) is 11.5. The minimum atomic E-state index is 0.0115. The molecule has 0 atom stereocenters. The molecule has 3 aromatic heterocycles. The van der Waals surface area contributed by atoms with Crippen molar-refractivity contribution in [2.75, 3.05) is 0 Å². The van der Waals surface area contributed by atoms with Crippen LogP contribution >= 0.6 is 0 Å². The standard InChI is InChI=1S/C52H38N4/c1-52(2,3)36-15-12-14-35(31-36)51-53-49(43-29-25-33-13-4-5-16-39(33)50(43)54-51)34-23-26-37(27-24-34)55-47-22-11-8-19-42(47)44-32-38(28-30-48(44)55)56-45-20-9-6-17-40(45)41-18-7-10-21-46(41)56/h4-32H,1-3H3. The maximum Gasteiger partial charge on any atom is 0.160 e. The van der Waals surface area contributed by atoms with E-state index in [4.69, 9.17) is 9.97 Å². The number of rotatable bonds is 4. The van der Waals surface area contributed by atoms with Crippen LogP contribution in [0.2, 0.25) is 0 Å². The highest BCUT2D eigenvalue weighted by Crippen LogP contribution is 2.39. The zero-order valence-corrected chi connectivity index (χ0v) is 31.5. The Balaban J connectivity index is 1.07. The molecule has 0 saturated carbocycles. The van der Waals surface area contributed by atoms with E-state index in [1.165, 1.54) is 54.6 Å². The van der Waals surface area contributed by atoms with Crippen LogP contribution in [-0.2, 0) is 5.41 Å². The van der Waals surface area contributed by atoms with Crippen molar-refractivity contribution in [3.05, 3.63) is 181 Å². The first-order chi connectivity index (χ1) is 27.4. The van der Waals surface area contributed by atoms with Crippen molar-refractivity contribution in [1.82, 2.24) is 19.1 Å². The summed E-state index contributed by atoms with van der Waals surface area (Å²) in [5.41, 5.74) is 12.3. The third-order valence-corrected chi connectivity index (χ3v) is 11.5. The third kappa shape index (κ3) is 4.99. The summed E-state index contributed by atoms with van der Waals surface area (Å²) in [5, 5.41) is 8.32. The zero-order chi connectivity index (χ0) is 37.5. The first-order valence-corrected chi connectivity index (χ1v) is 19.3. The SMILES string of the molecule is CC(C)(C)c1cccc(-c2nc(-c3ccc(-n4c5ccccc5c5cc(-n6c7ccccc7c7ccccc76)ccc54)cc3)c3ccc4ccccc4c3n2)c1. The Labute approximate surface area is 324 Å². The highest BCUT2D eigenvalue weighted by atomic mass is 15.0. The Bertz CT molecular complexity index is 3290. The van der Waals surface area contributed by atoms with Gasteiger partial charge < -0.3 is 9.13 Å². The van der Waals surface area contributed by atoms with Gasteiger partial charge in [0.2, 0.25) is 0 Å². The molecule has 266 valence electrons. The van der Waals surface area contributed by atoms with E-state index in [0.29, 0.717) is 0 Å². The molecule has 4 heteroatoms. The van der Waals surface area contributed by atoms with Crippen molar-refractivity contribution in [3.63, 3.8) is 0 Å². The summed E-state index contributed by atoms with van der Waals surface area (Å²) in [7, 11) is 0. The van der Waals surface area contributed by atoms with Crippen LogP contribution in [0.15, 0.2) is 176 Å². The Morgan fingerprint density at radius 3 is 1.64 bits per heavy atom. The summed E-state index contributed by atoms with van der Waals surface area (Å²) in [6.45, 7) is 6.74. The van der Waals surface area contributed by atoms with Crippen LogP contribution in [0.3, 0.4) is 0 Å².